The molecular weight excluding hydrogens is 226 g/mol. The normalized spacial score (nSPS) is 28.7. The van der Waals surface area contributed by atoms with Crippen LogP contribution in [0.25, 0.3) is 0 Å². The molecule has 4 nitrogen and oxygen atoms in total. The average Bonchev–Trinajstić information content (AvgIpc) is 2.88. The van der Waals surface area contributed by atoms with Crippen LogP contribution >= 0.6 is 0 Å². The number of ether oxygens (including phenoxy) is 1. The summed E-state index contributed by atoms with van der Waals surface area (Å²) in [7, 11) is 0. The van der Waals surface area contributed by atoms with Crippen LogP contribution < -0.4 is 5.73 Å². The van der Waals surface area contributed by atoms with E-state index in [0.29, 0.717) is 6.04 Å². The zero-order valence-corrected chi connectivity index (χ0v) is 11.8. The second-order valence-corrected chi connectivity index (χ2v) is 5.70. The van der Waals surface area contributed by atoms with Gasteiger partial charge in [-0.3, -0.25) is 4.90 Å². The number of nitrogens with two attached hydrogens (primary N) is 1. The van der Waals surface area contributed by atoms with E-state index in [-0.39, 0.29) is 0 Å². The van der Waals surface area contributed by atoms with Gasteiger partial charge in [0.15, 0.2) is 0 Å². The Morgan fingerprint density at radius 2 is 2.06 bits per heavy atom. The van der Waals surface area contributed by atoms with Gasteiger partial charge in [0.05, 0.1) is 13.2 Å². The highest BCUT2D eigenvalue weighted by molar-refractivity contribution is 4.84. The van der Waals surface area contributed by atoms with Crippen LogP contribution in [0.3, 0.4) is 0 Å². The quantitative estimate of drug-likeness (QED) is 0.766. The highest BCUT2D eigenvalue weighted by Gasteiger charge is 2.28. The fourth-order valence-electron chi connectivity index (χ4n) is 3.04. The lowest BCUT2D eigenvalue weighted by atomic mass is 10.1. The van der Waals surface area contributed by atoms with Crippen molar-refractivity contribution >= 4 is 0 Å². The van der Waals surface area contributed by atoms with Crippen molar-refractivity contribution in [3.63, 3.8) is 0 Å². The molecule has 106 valence electrons. The van der Waals surface area contributed by atoms with Gasteiger partial charge in [-0.1, -0.05) is 6.92 Å². The Balaban J connectivity index is 1.62. The average molecular weight is 255 g/mol. The van der Waals surface area contributed by atoms with Gasteiger partial charge in [-0.05, 0) is 38.8 Å². The molecule has 2 heterocycles. The smallest absolute Gasteiger partial charge is 0.0594 e. The maximum atomic E-state index is 5.96. The maximum absolute atomic E-state index is 5.96. The molecule has 0 aromatic heterocycles. The molecule has 18 heavy (non-hydrogen) atoms. The van der Waals surface area contributed by atoms with Gasteiger partial charge in [0, 0.05) is 31.7 Å². The third kappa shape index (κ3) is 4.19. The molecule has 0 saturated carbocycles. The lowest BCUT2D eigenvalue weighted by Crippen LogP contribution is -2.44. The first-order chi connectivity index (χ1) is 8.79. The Kier molecular flexibility index (Phi) is 5.89. The minimum atomic E-state index is 0.405. The Labute approximate surface area is 111 Å². The Morgan fingerprint density at radius 3 is 2.78 bits per heavy atom. The fraction of sp³-hybridized carbons (Fsp3) is 1.00. The van der Waals surface area contributed by atoms with E-state index in [1.807, 2.05) is 0 Å². The molecule has 4 heteroatoms. The molecule has 0 spiro atoms. The van der Waals surface area contributed by atoms with Crippen LogP contribution in [0, 0.1) is 0 Å². The van der Waals surface area contributed by atoms with Gasteiger partial charge in [-0.2, -0.15) is 0 Å². The molecule has 2 rings (SSSR count). The van der Waals surface area contributed by atoms with Crippen LogP contribution in [0.1, 0.15) is 32.6 Å². The summed E-state index contributed by atoms with van der Waals surface area (Å²) < 4.78 is 5.42. The summed E-state index contributed by atoms with van der Waals surface area (Å²) in [6, 6.07) is 1.18. The third-order valence-corrected chi connectivity index (χ3v) is 4.38. The van der Waals surface area contributed by atoms with Crippen molar-refractivity contribution in [3.8, 4) is 0 Å². The monoisotopic (exact) mass is 255 g/mol. The standard InChI is InChI=1S/C14H29N3O/c1-2-13(15)4-3-6-16-7-5-14(12-16)17-8-10-18-11-9-17/h13-14H,2-12,15H2,1H3. The minimum Gasteiger partial charge on any atom is -0.379 e. The SMILES string of the molecule is CCC(N)CCCN1CCC(N2CCOCC2)C1. The second-order valence-electron chi connectivity index (χ2n) is 5.70. The van der Waals surface area contributed by atoms with Crippen LogP contribution in [0.4, 0.5) is 0 Å². The van der Waals surface area contributed by atoms with E-state index in [2.05, 4.69) is 16.7 Å². The summed E-state index contributed by atoms with van der Waals surface area (Å²) in [6.07, 6.45) is 4.87. The van der Waals surface area contributed by atoms with Gasteiger partial charge in [-0.15, -0.1) is 0 Å². The molecule has 2 N–H and O–H groups in total. The van der Waals surface area contributed by atoms with Crippen molar-refractivity contribution in [3.05, 3.63) is 0 Å². The van der Waals surface area contributed by atoms with Crippen molar-refractivity contribution in [1.29, 1.82) is 0 Å². The Morgan fingerprint density at radius 1 is 1.28 bits per heavy atom. The number of rotatable bonds is 6. The van der Waals surface area contributed by atoms with E-state index in [0.717, 1.165) is 38.8 Å². The van der Waals surface area contributed by atoms with E-state index in [1.165, 1.54) is 38.9 Å². The lowest BCUT2D eigenvalue weighted by molar-refractivity contribution is 0.0185. The van der Waals surface area contributed by atoms with Gasteiger partial charge in [0.1, 0.15) is 0 Å². The highest BCUT2D eigenvalue weighted by atomic mass is 16.5. The number of hydrogen-bond acceptors (Lipinski definition) is 4. The van der Waals surface area contributed by atoms with Gasteiger partial charge in [0.2, 0.25) is 0 Å². The summed E-state index contributed by atoms with van der Waals surface area (Å²) in [6.45, 7) is 10.0. The zero-order valence-electron chi connectivity index (χ0n) is 11.8. The molecule has 0 bridgehead atoms. The number of likely N-dealkylation sites (tertiary alicyclic amines) is 1. The molecule has 2 unspecified atom stereocenters. The van der Waals surface area contributed by atoms with E-state index in [4.69, 9.17) is 10.5 Å². The van der Waals surface area contributed by atoms with E-state index < -0.39 is 0 Å². The summed E-state index contributed by atoms with van der Waals surface area (Å²) in [4.78, 5) is 5.23. The summed E-state index contributed by atoms with van der Waals surface area (Å²) in [5.41, 5.74) is 5.96. The van der Waals surface area contributed by atoms with Crippen LogP contribution in [-0.2, 0) is 4.74 Å². The van der Waals surface area contributed by atoms with E-state index in [1.54, 1.807) is 0 Å². The molecule has 2 aliphatic rings. The van der Waals surface area contributed by atoms with Crippen LogP contribution in [0.5, 0.6) is 0 Å². The first kappa shape index (κ1) is 14.3. The van der Waals surface area contributed by atoms with Gasteiger partial charge >= 0.3 is 0 Å². The summed E-state index contributed by atoms with van der Waals surface area (Å²) >= 11 is 0. The van der Waals surface area contributed by atoms with Gasteiger partial charge < -0.3 is 15.4 Å². The molecule has 0 aromatic rings. The van der Waals surface area contributed by atoms with Crippen molar-refractivity contribution < 1.29 is 4.74 Å². The molecule has 2 fully saturated rings. The van der Waals surface area contributed by atoms with Gasteiger partial charge in [-0.25, -0.2) is 0 Å². The molecule has 2 saturated heterocycles. The molecule has 0 radical (unpaired) electrons. The topological polar surface area (TPSA) is 41.7 Å². The number of nitrogens with zero attached hydrogens (tertiary/aromatic N) is 2. The third-order valence-electron chi connectivity index (χ3n) is 4.38. The first-order valence-electron chi connectivity index (χ1n) is 7.59. The second kappa shape index (κ2) is 7.43. The fourth-order valence-corrected chi connectivity index (χ4v) is 3.04. The van der Waals surface area contributed by atoms with Crippen LogP contribution in [-0.4, -0.2) is 67.8 Å². The molecule has 2 atom stereocenters. The Hall–Kier alpha value is -0.160. The minimum absolute atomic E-state index is 0.405. The molecule has 2 aliphatic heterocycles. The van der Waals surface area contributed by atoms with Gasteiger partial charge in [0.25, 0.3) is 0 Å². The molecule has 0 amide bonds. The van der Waals surface area contributed by atoms with E-state index in [9.17, 15) is 0 Å². The predicted molar refractivity (Wildman–Crippen MR) is 74.7 cm³/mol. The van der Waals surface area contributed by atoms with Crippen LogP contribution in [0.2, 0.25) is 0 Å². The predicted octanol–water partition coefficient (Wildman–Crippen LogP) is 0.910. The maximum Gasteiger partial charge on any atom is 0.0594 e. The van der Waals surface area contributed by atoms with Crippen molar-refractivity contribution in [2.75, 3.05) is 45.9 Å². The summed E-state index contributed by atoms with van der Waals surface area (Å²) in [5, 5.41) is 0. The first-order valence-corrected chi connectivity index (χ1v) is 7.59. The zero-order chi connectivity index (χ0) is 12.8. The van der Waals surface area contributed by atoms with Crippen molar-refractivity contribution in [2.24, 2.45) is 5.73 Å². The number of morpholine rings is 1. The highest BCUT2D eigenvalue weighted by Crippen LogP contribution is 2.17. The van der Waals surface area contributed by atoms with Crippen molar-refractivity contribution in [1.82, 2.24) is 9.80 Å². The van der Waals surface area contributed by atoms with E-state index >= 15 is 0 Å². The lowest BCUT2D eigenvalue weighted by Gasteiger charge is -2.32. The largest absolute Gasteiger partial charge is 0.379 e. The Bertz CT molecular complexity index is 231. The number of hydrogen-bond donors (Lipinski definition) is 1. The summed E-state index contributed by atoms with van der Waals surface area (Å²) in [5.74, 6) is 0. The van der Waals surface area contributed by atoms with Crippen molar-refractivity contribution in [2.45, 2.75) is 44.7 Å². The van der Waals surface area contributed by atoms with Crippen LogP contribution in [0.15, 0.2) is 0 Å². The molecule has 0 aliphatic carbocycles. The molecule has 0 aromatic carbocycles. The molecular formula is C14H29N3O.